The summed E-state index contributed by atoms with van der Waals surface area (Å²) in [6, 6.07) is 8.23. The standard InChI is InChI=1S/C17H24N2OS/c1-17(2,3)16-19-14(12-21-16)11-18-10-9-13-5-7-15(20-4)8-6-13/h5-8,12,18H,9-11H2,1-4H3. The van der Waals surface area contributed by atoms with Gasteiger partial charge in [0.05, 0.1) is 17.8 Å². The van der Waals surface area contributed by atoms with Crippen molar-refractivity contribution in [3.05, 3.63) is 45.9 Å². The lowest BCUT2D eigenvalue weighted by molar-refractivity contribution is 0.414. The molecule has 1 aromatic heterocycles. The van der Waals surface area contributed by atoms with E-state index in [1.165, 1.54) is 10.6 Å². The Kier molecular flexibility index (Phi) is 5.37. The van der Waals surface area contributed by atoms with Crippen LogP contribution in [-0.4, -0.2) is 18.6 Å². The van der Waals surface area contributed by atoms with Gasteiger partial charge in [0.25, 0.3) is 0 Å². The summed E-state index contributed by atoms with van der Waals surface area (Å²) in [6.07, 6.45) is 1.01. The summed E-state index contributed by atoms with van der Waals surface area (Å²) in [4.78, 5) is 4.69. The van der Waals surface area contributed by atoms with Crippen molar-refractivity contribution in [2.75, 3.05) is 13.7 Å². The SMILES string of the molecule is COc1ccc(CCNCc2csc(C(C)(C)C)n2)cc1. The first-order valence-corrected chi connectivity index (χ1v) is 8.15. The minimum Gasteiger partial charge on any atom is -0.497 e. The van der Waals surface area contributed by atoms with E-state index in [0.29, 0.717) is 0 Å². The zero-order valence-corrected chi connectivity index (χ0v) is 14.1. The van der Waals surface area contributed by atoms with Crippen LogP contribution in [0.4, 0.5) is 0 Å². The summed E-state index contributed by atoms with van der Waals surface area (Å²) in [6.45, 7) is 8.39. The number of aromatic nitrogens is 1. The summed E-state index contributed by atoms with van der Waals surface area (Å²) < 4.78 is 5.16. The predicted molar refractivity (Wildman–Crippen MR) is 89.2 cm³/mol. The summed E-state index contributed by atoms with van der Waals surface area (Å²) in [7, 11) is 1.69. The van der Waals surface area contributed by atoms with Crippen LogP contribution in [0.2, 0.25) is 0 Å². The van der Waals surface area contributed by atoms with Gasteiger partial charge in [0.15, 0.2) is 0 Å². The molecule has 1 heterocycles. The molecule has 0 spiro atoms. The van der Waals surface area contributed by atoms with Gasteiger partial charge in [-0.1, -0.05) is 32.9 Å². The first-order valence-electron chi connectivity index (χ1n) is 7.27. The third-order valence-corrected chi connectivity index (χ3v) is 4.57. The summed E-state index contributed by atoms with van der Waals surface area (Å²) in [5.41, 5.74) is 2.60. The molecule has 0 saturated heterocycles. The molecule has 1 aromatic carbocycles. The smallest absolute Gasteiger partial charge is 0.118 e. The predicted octanol–water partition coefficient (Wildman–Crippen LogP) is 3.78. The van der Waals surface area contributed by atoms with Gasteiger partial charge >= 0.3 is 0 Å². The average Bonchev–Trinajstić information content (AvgIpc) is 2.93. The van der Waals surface area contributed by atoms with Crippen molar-refractivity contribution in [3.63, 3.8) is 0 Å². The molecule has 2 rings (SSSR count). The Balaban J connectivity index is 1.75. The van der Waals surface area contributed by atoms with Crippen molar-refractivity contribution in [2.24, 2.45) is 0 Å². The lowest BCUT2D eigenvalue weighted by Gasteiger charge is -2.13. The summed E-state index contributed by atoms with van der Waals surface area (Å²) in [5, 5.41) is 6.81. The third-order valence-electron chi connectivity index (χ3n) is 3.25. The van der Waals surface area contributed by atoms with Gasteiger partial charge in [0.2, 0.25) is 0 Å². The maximum absolute atomic E-state index is 5.16. The van der Waals surface area contributed by atoms with Gasteiger partial charge in [0, 0.05) is 17.3 Å². The number of nitrogens with one attached hydrogen (secondary N) is 1. The van der Waals surface area contributed by atoms with E-state index in [1.807, 2.05) is 12.1 Å². The zero-order chi connectivity index (χ0) is 15.3. The van der Waals surface area contributed by atoms with Crippen molar-refractivity contribution in [3.8, 4) is 5.75 Å². The number of nitrogens with zero attached hydrogens (tertiary/aromatic N) is 1. The number of rotatable bonds is 6. The minimum absolute atomic E-state index is 0.145. The Labute approximate surface area is 131 Å². The van der Waals surface area contributed by atoms with Crippen molar-refractivity contribution >= 4 is 11.3 Å². The number of thiazole rings is 1. The van der Waals surface area contributed by atoms with Crippen LogP contribution in [0.3, 0.4) is 0 Å². The topological polar surface area (TPSA) is 34.1 Å². The van der Waals surface area contributed by atoms with Gasteiger partial charge in [-0.2, -0.15) is 0 Å². The first-order chi connectivity index (χ1) is 9.99. The lowest BCUT2D eigenvalue weighted by atomic mass is 9.98. The fourth-order valence-electron chi connectivity index (χ4n) is 1.97. The van der Waals surface area contributed by atoms with E-state index in [0.717, 1.165) is 31.0 Å². The normalized spacial score (nSPS) is 11.6. The van der Waals surface area contributed by atoms with Crippen molar-refractivity contribution in [2.45, 2.75) is 39.2 Å². The number of hydrogen-bond donors (Lipinski definition) is 1. The molecular weight excluding hydrogens is 280 g/mol. The number of ether oxygens (including phenoxy) is 1. The highest BCUT2D eigenvalue weighted by Gasteiger charge is 2.17. The highest BCUT2D eigenvalue weighted by Crippen LogP contribution is 2.25. The highest BCUT2D eigenvalue weighted by molar-refractivity contribution is 7.09. The molecule has 114 valence electrons. The van der Waals surface area contributed by atoms with Crippen molar-refractivity contribution in [1.29, 1.82) is 0 Å². The van der Waals surface area contributed by atoms with E-state index in [1.54, 1.807) is 18.4 Å². The average molecular weight is 304 g/mol. The fraction of sp³-hybridized carbons (Fsp3) is 0.471. The van der Waals surface area contributed by atoms with E-state index in [9.17, 15) is 0 Å². The van der Waals surface area contributed by atoms with Crippen LogP contribution in [-0.2, 0) is 18.4 Å². The molecule has 0 aliphatic heterocycles. The molecule has 3 nitrogen and oxygen atoms in total. The van der Waals surface area contributed by atoms with Gasteiger partial charge in [-0.05, 0) is 30.7 Å². The maximum Gasteiger partial charge on any atom is 0.118 e. The second-order valence-electron chi connectivity index (χ2n) is 6.17. The van der Waals surface area contributed by atoms with Crippen LogP contribution in [0.15, 0.2) is 29.6 Å². The molecule has 0 aliphatic rings. The Morgan fingerprint density at radius 3 is 2.48 bits per heavy atom. The van der Waals surface area contributed by atoms with Gasteiger partial charge in [0.1, 0.15) is 5.75 Å². The van der Waals surface area contributed by atoms with E-state index in [4.69, 9.17) is 4.74 Å². The van der Waals surface area contributed by atoms with Crippen LogP contribution < -0.4 is 10.1 Å². The van der Waals surface area contributed by atoms with Gasteiger partial charge in [-0.3, -0.25) is 0 Å². The number of methoxy groups -OCH3 is 1. The highest BCUT2D eigenvalue weighted by atomic mass is 32.1. The number of hydrogen-bond acceptors (Lipinski definition) is 4. The Hall–Kier alpha value is -1.39. The van der Waals surface area contributed by atoms with Crippen molar-refractivity contribution in [1.82, 2.24) is 10.3 Å². The Morgan fingerprint density at radius 1 is 1.19 bits per heavy atom. The van der Waals surface area contributed by atoms with Crippen LogP contribution in [0.1, 0.15) is 37.0 Å². The van der Waals surface area contributed by atoms with E-state index >= 15 is 0 Å². The molecule has 4 heteroatoms. The lowest BCUT2D eigenvalue weighted by Crippen LogP contribution is -2.17. The molecule has 2 aromatic rings. The molecule has 21 heavy (non-hydrogen) atoms. The fourth-order valence-corrected chi connectivity index (χ4v) is 2.88. The third kappa shape index (κ3) is 4.83. The van der Waals surface area contributed by atoms with Gasteiger partial charge < -0.3 is 10.1 Å². The van der Waals surface area contributed by atoms with E-state index in [-0.39, 0.29) is 5.41 Å². The summed E-state index contributed by atoms with van der Waals surface area (Å²) in [5.74, 6) is 0.906. The molecule has 1 N–H and O–H groups in total. The van der Waals surface area contributed by atoms with E-state index < -0.39 is 0 Å². The van der Waals surface area contributed by atoms with Crippen LogP contribution in [0.25, 0.3) is 0 Å². The molecule has 0 unspecified atom stereocenters. The monoisotopic (exact) mass is 304 g/mol. The summed E-state index contributed by atoms with van der Waals surface area (Å²) >= 11 is 1.75. The van der Waals surface area contributed by atoms with Crippen LogP contribution in [0.5, 0.6) is 5.75 Å². The zero-order valence-electron chi connectivity index (χ0n) is 13.3. The van der Waals surface area contributed by atoms with Gasteiger partial charge in [-0.25, -0.2) is 4.98 Å². The van der Waals surface area contributed by atoms with Crippen molar-refractivity contribution < 1.29 is 4.74 Å². The Morgan fingerprint density at radius 2 is 1.90 bits per heavy atom. The van der Waals surface area contributed by atoms with Gasteiger partial charge in [-0.15, -0.1) is 11.3 Å². The molecule has 0 aliphatic carbocycles. The van der Waals surface area contributed by atoms with E-state index in [2.05, 4.69) is 48.6 Å². The molecule has 0 bridgehead atoms. The largest absolute Gasteiger partial charge is 0.497 e. The molecule has 0 radical (unpaired) electrons. The first kappa shape index (κ1) is 16.0. The number of benzene rings is 1. The molecule has 0 atom stereocenters. The van der Waals surface area contributed by atoms with Crippen LogP contribution >= 0.6 is 11.3 Å². The Bertz CT molecular complexity index is 555. The second-order valence-corrected chi connectivity index (χ2v) is 7.03. The molecular formula is C17H24N2OS. The molecule has 0 saturated carbocycles. The molecule has 0 amide bonds. The molecule has 0 fully saturated rings. The maximum atomic E-state index is 5.16. The van der Waals surface area contributed by atoms with Crippen LogP contribution in [0, 0.1) is 0 Å². The quantitative estimate of drug-likeness (QED) is 0.825. The second kappa shape index (κ2) is 7.05. The minimum atomic E-state index is 0.145.